The molecule has 17 heavy (non-hydrogen) atoms. The van der Waals surface area contributed by atoms with Crippen LogP contribution in [0.5, 0.6) is 0 Å². The smallest absolute Gasteiger partial charge is 0.0834 e. The van der Waals surface area contributed by atoms with Crippen LogP contribution in [0.1, 0.15) is 22.8 Å². The minimum absolute atomic E-state index is 0.489. The third-order valence-electron chi connectivity index (χ3n) is 2.86. The van der Waals surface area contributed by atoms with Crippen molar-refractivity contribution >= 4 is 15.9 Å². The number of aliphatic hydroxyl groups excluding tert-OH is 1. The molecular formula is C13H15BrN2O. The maximum absolute atomic E-state index is 10.2. The highest BCUT2D eigenvalue weighted by atomic mass is 79.9. The Morgan fingerprint density at radius 3 is 2.88 bits per heavy atom. The first-order chi connectivity index (χ1) is 8.08. The van der Waals surface area contributed by atoms with E-state index in [1.165, 1.54) is 0 Å². The lowest BCUT2D eigenvalue weighted by Crippen LogP contribution is -2.03. The predicted molar refractivity (Wildman–Crippen MR) is 70.8 cm³/mol. The van der Waals surface area contributed by atoms with Crippen molar-refractivity contribution < 1.29 is 5.11 Å². The third kappa shape index (κ3) is 2.76. The van der Waals surface area contributed by atoms with Gasteiger partial charge in [0.1, 0.15) is 0 Å². The van der Waals surface area contributed by atoms with Crippen molar-refractivity contribution in [1.29, 1.82) is 0 Å². The highest BCUT2D eigenvalue weighted by molar-refractivity contribution is 9.10. The Morgan fingerprint density at radius 1 is 1.47 bits per heavy atom. The quantitative estimate of drug-likeness (QED) is 0.945. The molecule has 0 saturated carbocycles. The van der Waals surface area contributed by atoms with Gasteiger partial charge < -0.3 is 5.11 Å². The van der Waals surface area contributed by atoms with Crippen LogP contribution < -0.4 is 0 Å². The molecule has 0 fully saturated rings. The van der Waals surface area contributed by atoms with E-state index < -0.39 is 6.10 Å². The van der Waals surface area contributed by atoms with Crippen molar-refractivity contribution in [3.63, 3.8) is 0 Å². The average molecular weight is 295 g/mol. The first-order valence-corrected chi connectivity index (χ1v) is 6.28. The van der Waals surface area contributed by atoms with Gasteiger partial charge in [-0.05, 0) is 29.7 Å². The van der Waals surface area contributed by atoms with Gasteiger partial charge in [0.15, 0.2) is 0 Å². The normalized spacial score (nSPS) is 12.7. The third-order valence-corrected chi connectivity index (χ3v) is 3.72. The molecule has 0 aliphatic carbocycles. The topological polar surface area (TPSA) is 38.1 Å². The molecular weight excluding hydrogens is 280 g/mol. The summed E-state index contributed by atoms with van der Waals surface area (Å²) in [5, 5.41) is 14.3. The molecule has 1 N–H and O–H groups in total. The first kappa shape index (κ1) is 12.3. The van der Waals surface area contributed by atoms with E-state index in [4.69, 9.17) is 0 Å². The van der Waals surface area contributed by atoms with Crippen LogP contribution >= 0.6 is 15.9 Å². The SMILES string of the molecule is Cc1c(Br)cccc1C(O)Cc1cnn(C)c1. The molecule has 0 aliphatic heterocycles. The summed E-state index contributed by atoms with van der Waals surface area (Å²) < 4.78 is 2.77. The molecule has 1 atom stereocenters. The summed E-state index contributed by atoms with van der Waals surface area (Å²) in [5.41, 5.74) is 3.09. The molecule has 4 heteroatoms. The number of halogens is 1. The second kappa shape index (κ2) is 5.02. The van der Waals surface area contributed by atoms with E-state index in [0.29, 0.717) is 6.42 Å². The fourth-order valence-corrected chi connectivity index (χ4v) is 2.28. The lowest BCUT2D eigenvalue weighted by molar-refractivity contribution is 0.177. The lowest BCUT2D eigenvalue weighted by Gasteiger charge is -2.13. The number of hydrogen-bond donors (Lipinski definition) is 1. The minimum atomic E-state index is -0.489. The van der Waals surface area contributed by atoms with Crippen LogP contribution in [-0.4, -0.2) is 14.9 Å². The maximum Gasteiger partial charge on any atom is 0.0834 e. The van der Waals surface area contributed by atoms with E-state index in [1.807, 2.05) is 38.4 Å². The summed E-state index contributed by atoms with van der Waals surface area (Å²) in [6.07, 6.45) is 3.81. The van der Waals surface area contributed by atoms with Crippen molar-refractivity contribution in [3.05, 3.63) is 51.8 Å². The predicted octanol–water partition coefficient (Wildman–Crippen LogP) is 2.77. The van der Waals surface area contributed by atoms with E-state index in [-0.39, 0.29) is 0 Å². The van der Waals surface area contributed by atoms with Crippen LogP contribution in [-0.2, 0) is 13.5 Å². The fourth-order valence-electron chi connectivity index (χ4n) is 1.90. The second-order valence-electron chi connectivity index (χ2n) is 4.20. The molecule has 2 aromatic rings. The Kier molecular flexibility index (Phi) is 3.64. The van der Waals surface area contributed by atoms with Crippen molar-refractivity contribution in [2.75, 3.05) is 0 Å². The standard InChI is InChI=1S/C13H15BrN2O/c1-9-11(4-3-5-12(9)14)13(17)6-10-7-15-16(2)8-10/h3-5,7-8,13,17H,6H2,1-2H3. The van der Waals surface area contributed by atoms with Gasteiger partial charge in [0.2, 0.25) is 0 Å². The molecule has 1 unspecified atom stereocenters. The molecule has 0 radical (unpaired) electrons. The number of hydrogen-bond acceptors (Lipinski definition) is 2. The Bertz CT molecular complexity index is 522. The average Bonchev–Trinajstić information content (AvgIpc) is 2.68. The highest BCUT2D eigenvalue weighted by Gasteiger charge is 2.13. The molecule has 2 rings (SSSR count). The minimum Gasteiger partial charge on any atom is -0.388 e. The van der Waals surface area contributed by atoms with Crippen molar-refractivity contribution in [3.8, 4) is 0 Å². The van der Waals surface area contributed by atoms with Crippen LogP contribution in [0, 0.1) is 6.92 Å². The highest BCUT2D eigenvalue weighted by Crippen LogP contribution is 2.26. The summed E-state index contributed by atoms with van der Waals surface area (Å²) in [6.45, 7) is 2.01. The van der Waals surface area contributed by atoms with Gasteiger partial charge in [-0.2, -0.15) is 5.10 Å². The molecule has 1 heterocycles. The van der Waals surface area contributed by atoms with Crippen LogP contribution in [0.4, 0.5) is 0 Å². The first-order valence-electron chi connectivity index (χ1n) is 5.48. The fraction of sp³-hybridized carbons (Fsp3) is 0.308. The Morgan fingerprint density at radius 2 is 2.24 bits per heavy atom. The van der Waals surface area contributed by atoms with Gasteiger partial charge in [0, 0.05) is 24.1 Å². The number of aromatic nitrogens is 2. The molecule has 0 bridgehead atoms. The van der Waals surface area contributed by atoms with E-state index in [0.717, 1.165) is 21.2 Å². The summed E-state index contributed by atoms with van der Waals surface area (Å²) in [4.78, 5) is 0. The Balaban J connectivity index is 2.20. The summed E-state index contributed by atoms with van der Waals surface area (Å²) in [5.74, 6) is 0. The van der Waals surface area contributed by atoms with Gasteiger partial charge in [0.25, 0.3) is 0 Å². The van der Waals surface area contributed by atoms with Crippen LogP contribution in [0.25, 0.3) is 0 Å². The number of aliphatic hydroxyl groups is 1. The lowest BCUT2D eigenvalue weighted by atomic mass is 9.99. The second-order valence-corrected chi connectivity index (χ2v) is 5.05. The zero-order valence-electron chi connectivity index (χ0n) is 9.89. The van der Waals surface area contributed by atoms with Gasteiger partial charge in [-0.3, -0.25) is 4.68 Å². The van der Waals surface area contributed by atoms with E-state index in [9.17, 15) is 5.11 Å². The van der Waals surface area contributed by atoms with Crippen LogP contribution in [0.3, 0.4) is 0 Å². The van der Waals surface area contributed by atoms with Crippen LogP contribution in [0.15, 0.2) is 35.1 Å². The van der Waals surface area contributed by atoms with Gasteiger partial charge >= 0.3 is 0 Å². The van der Waals surface area contributed by atoms with E-state index >= 15 is 0 Å². The summed E-state index contributed by atoms with van der Waals surface area (Å²) in [7, 11) is 1.88. The number of nitrogens with zero attached hydrogens (tertiary/aromatic N) is 2. The molecule has 0 saturated heterocycles. The summed E-state index contributed by atoms with van der Waals surface area (Å²) >= 11 is 3.48. The molecule has 1 aromatic heterocycles. The van der Waals surface area contributed by atoms with Crippen molar-refractivity contribution in [2.24, 2.45) is 7.05 Å². The van der Waals surface area contributed by atoms with Gasteiger partial charge in [-0.25, -0.2) is 0 Å². The zero-order valence-corrected chi connectivity index (χ0v) is 11.5. The largest absolute Gasteiger partial charge is 0.388 e. The van der Waals surface area contributed by atoms with Gasteiger partial charge in [-0.15, -0.1) is 0 Å². The van der Waals surface area contributed by atoms with E-state index in [2.05, 4.69) is 21.0 Å². The number of benzene rings is 1. The molecule has 3 nitrogen and oxygen atoms in total. The molecule has 0 spiro atoms. The van der Waals surface area contributed by atoms with Crippen molar-refractivity contribution in [2.45, 2.75) is 19.4 Å². The molecule has 0 aliphatic rings. The summed E-state index contributed by atoms with van der Waals surface area (Å²) in [6, 6.07) is 5.88. The van der Waals surface area contributed by atoms with Gasteiger partial charge in [0.05, 0.1) is 12.3 Å². The zero-order chi connectivity index (χ0) is 12.4. The monoisotopic (exact) mass is 294 g/mol. The molecule has 0 amide bonds. The Labute approximate surface area is 109 Å². The van der Waals surface area contributed by atoms with Gasteiger partial charge in [-0.1, -0.05) is 28.1 Å². The number of aryl methyl sites for hydroxylation is 1. The van der Waals surface area contributed by atoms with Crippen molar-refractivity contribution in [1.82, 2.24) is 9.78 Å². The Hall–Kier alpha value is -1.13. The van der Waals surface area contributed by atoms with E-state index in [1.54, 1.807) is 10.9 Å². The maximum atomic E-state index is 10.2. The number of rotatable bonds is 3. The molecule has 1 aromatic carbocycles. The molecule has 90 valence electrons. The van der Waals surface area contributed by atoms with Crippen LogP contribution in [0.2, 0.25) is 0 Å².